The molecule has 0 radical (unpaired) electrons. The molecule has 0 saturated heterocycles. The van der Waals surface area contributed by atoms with Crippen LogP contribution in [-0.4, -0.2) is 48.6 Å². The van der Waals surface area contributed by atoms with E-state index in [0.29, 0.717) is 6.54 Å². The van der Waals surface area contributed by atoms with Crippen molar-refractivity contribution in [2.24, 2.45) is 0 Å². The molecular formula is C13H26N2O3. The highest BCUT2D eigenvalue weighted by molar-refractivity contribution is 5.82. The number of nitrogens with zero attached hydrogens (tertiary/aromatic N) is 1. The van der Waals surface area contributed by atoms with Crippen molar-refractivity contribution in [2.45, 2.75) is 52.6 Å². The predicted molar refractivity (Wildman–Crippen MR) is 71.2 cm³/mol. The average molecular weight is 258 g/mol. The fourth-order valence-corrected chi connectivity index (χ4v) is 1.57. The number of amides is 1. The van der Waals surface area contributed by atoms with Gasteiger partial charge in [-0.3, -0.25) is 14.5 Å². The second kappa shape index (κ2) is 7.36. The number of rotatable bonds is 6. The van der Waals surface area contributed by atoms with E-state index in [4.69, 9.17) is 0 Å². The Hall–Kier alpha value is -1.10. The minimum absolute atomic E-state index is 0.0696. The van der Waals surface area contributed by atoms with Crippen molar-refractivity contribution in [1.82, 2.24) is 10.2 Å². The number of carbonyl (C=O) groups excluding carboxylic acids is 2. The highest BCUT2D eigenvalue weighted by atomic mass is 16.5. The van der Waals surface area contributed by atoms with Gasteiger partial charge in [0.1, 0.15) is 0 Å². The third kappa shape index (κ3) is 6.59. The van der Waals surface area contributed by atoms with Crippen LogP contribution in [0.15, 0.2) is 0 Å². The number of carbonyl (C=O) groups is 2. The molecule has 5 nitrogen and oxygen atoms in total. The summed E-state index contributed by atoms with van der Waals surface area (Å²) in [6.07, 6.45) is 0.879. The van der Waals surface area contributed by atoms with E-state index in [2.05, 4.69) is 10.1 Å². The Labute approximate surface area is 110 Å². The normalized spacial score (nSPS) is 13.3. The summed E-state index contributed by atoms with van der Waals surface area (Å²) in [5, 5.41) is 2.92. The molecule has 0 spiro atoms. The summed E-state index contributed by atoms with van der Waals surface area (Å²) in [4.78, 5) is 25.2. The standard InChI is InChI=1S/C13H26N2O3/c1-7-8-15(9-11(16)18-6)10(2)12(17)14-13(3,4)5/h10H,7-9H2,1-6H3,(H,14,17). The van der Waals surface area contributed by atoms with Crippen molar-refractivity contribution >= 4 is 11.9 Å². The Kier molecular flexibility index (Phi) is 6.91. The van der Waals surface area contributed by atoms with E-state index in [-0.39, 0.29) is 30.0 Å². The van der Waals surface area contributed by atoms with Crippen molar-refractivity contribution in [2.75, 3.05) is 20.2 Å². The molecule has 0 heterocycles. The van der Waals surface area contributed by atoms with Crippen molar-refractivity contribution in [3.63, 3.8) is 0 Å². The first-order chi connectivity index (χ1) is 8.21. The van der Waals surface area contributed by atoms with Crippen molar-refractivity contribution in [1.29, 1.82) is 0 Å². The van der Waals surface area contributed by atoms with Gasteiger partial charge in [0.05, 0.1) is 19.7 Å². The third-order valence-electron chi connectivity index (χ3n) is 2.50. The Bertz CT molecular complexity index is 284. The van der Waals surface area contributed by atoms with Crippen LogP contribution in [-0.2, 0) is 14.3 Å². The highest BCUT2D eigenvalue weighted by Crippen LogP contribution is 2.05. The molecule has 0 aliphatic rings. The SMILES string of the molecule is CCCN(CC(=O)OC)C(C)C(=O)NC(C)(C)C. The zero-order valence-corrected chi connectivity index (χ0v) is 12.4. The average Bonchev–Trinajstić information content (AvgIpc) is 2.24. The molecule has 0 aromatic rings. The molecule has 1 unspecified atom stereocenters. The number of hydrogen-bond donors (Lipinski definition) is 1. The number of esters is 1. The minimum atomic E-state index is -0.344. The fourth-order valence-electron chi connectivity index (χ4n) is 1.57. The molecule has 0 fully saturated rings. The largest absolute Gasteiger partial charge is 0.468 e. The Balaban J connectivity index is 4.59. The third-order valence-corrected chi connectivity index (χ3v) is 2.50. The quantitative estimate of drug-likeness (QED) is 0.727. The number of ether oxygens (including phenoxy) is 1. The van der Waals surface area contributed by atoms with E-state index in [9.17, 15) is 9.59 Å². The van der Waals surface area contributed by atoms with Crippen LogP contribution in [0, 0.1) is 0 Å². The number of nitrogens with one attached hydrogen (secondary N) is 1. The highest BCUT2D eigenvalue weighted by Gasteiger charge is 2.25. The van der Waals surface area contributed by atoms with Crippen LogP contribution in [0.2, 0.25) is 0 Å². The molecule has 18 heavy (non-hydrogen) atoms. The van der Waals surface area contributed by atoms with Crippen LogP contribution in [0.1, 0.15) is 41.0 Å². The fraction of sp³-hybridized carbons (Fsp3) is 0.846. The molecule has 0 aromatic carbocycles. The van der Waals surface area contributed by atoms with Gasteiger partial charge in [0.2, 0.25) is 5.91 Å². The van der Waals surface area contributed by atoms with Crippen LogP contribution in [0.25, 0.3) is 0 Å². The summed E-state index contributed by atoms with van der Waals surface area (Å²) in [7, 11) is 1.35. The molecule has 0 bridgehead atoms. The molecule has 0 aliphatic heterocycles. The Morgan fingerprint density at radius 2 is 1.89 bits per heavy atom. The first-order valence-corrected chi connectivity index (χ1v) is 6.34. The van der Waals surface area contributed by atoms with Gasteiger partial charge in [-0.1, -0.05) is 6.92 Å². The van der Waals surface area contributed by atoms with Crippen molar-refractivity contribution in [3.8, 4) is 0 Å². The molecule has 0 saturated carbocycles. The molecule has 106 valence electrons. The maximum atomic E-state index is 12.0. The van der Waals surface area contributed by atoms with E-state index in [0.717, 1.165) is 6.42 Å². The Morgan fingerprint density at radius 1 is 1.33 bits per heavy atom. The number of hydrogen-bond acceptors (Lipinski definition) is 4. The van der Waals surface area contributed by atoms with Gasteiger partial charge in [0.15, 0.2) is 0 Å². The van der Waals surface area contributed by atoms with Crippen LogP contribution >= 0.6 is 0 Å². The summed E-state index contributed by atoms with van der Waals surface area (Å²) in [5.41, 5.74) is -0.269. The lowest BCUT2D eigenvalue weighted by Crippen LogP contribution is -2.52. The molecule has 0 aliphatic carbocycles. The lowest BCUT2D eigenvalue weighted by atomic mass is 10.1. The van der Waals surface area contributed by atoms with Gasteiger partial charge in [-0.15, -0.1) is 0 Å². The second-order valence-electron chi connectivity index (χ2n) is 5.46. The zero-order valence-electron chi connectivity index (χ0n) is 12.4. The van der Waals surface area contributed by atoms with E-state index in [1.165, 1.54) is 7.11 Å². The molecule has 5 heteroatoms. The summed E-state index contributed by atoms with van der Waals surface area (Å²) < 4.78 is 4.65. The maximum Gasteiger partial charge on any atom is 0.319 e. The predicted octanol–water partition coefficient (Wildman–Crippen LogP) is 1.17. The van der Waals surface area contributed by atoms with Gasteiger partial charge < -0.3 is 10.1 Å². The van der Waals surface area contributed by atoms with E-state index in [1.54, 1.807) is 6.92 Å². The molecule has 1 atom stereocenters. The summed E-state index contributed by atoms with van der Waals surface area (Å²) in [5.74, 6) is -0.390. The van der Waals surface area contributed by atoms with E-state index < -0.39 is 0 Å². The van der Waals surface area contributed by atoms with Gasteiger partial charge in [0.25, 0.3) is 0 Å². The van der Waals surface area contributed by atoms with Gasteiger partial charge in [-0.05, 0) is 40.7 Å². The van der Waals surface area contributed by atoms with Crippen molar-refractivity contribution in [3.05, 3.63) is 0 Å². The van der Waals surface area contributed by atoms with Gasteiger partial charge in [-0.2, -0.15) is 0 Å². The second-order valence-corrected chi connectivity index (χ2v) is 5.46. The lowest BCUT2D eigenvalue weighted by Gasteiger charge is -2.30. The van der Waals surface area contributed by atoms with E-state index in [1.807, 2.05) is 32.6 Å². The van der Waals surface area contributed by atoms with E-state index >= 15 is 0 Å². The maximum absolute atomic E-state index is 12.0. The number of methoxy groups -OCH3 is 1. The summed E-state index contributed by atoms with van der Waals surface area (Å²) in [6.45, 7) is 10.4. The molecule has 0 rings (SSSR count). The lowest BCUT2D eigenvalue weighted by molar-refractivity contribution is -0.143. The topological polar surface area (TPSA) is 58.6 Å². The molecule has 1 N–H and O–H groups in total. The van der Waals surface area contributed by atoms with Crippen LogP contribution < -0.4 is 5.32 Å². The van der Waals surface area contributed by atoms with Crippen LogP contribution in [0.4, 0.5) is 0 Å². The molecule has 0 aromatic heterocycles. The van der Waals surface area contributed by atoms with Gasteiger partial charge in [0, 0.05) is 5.54 Å². The van der Waals surface area contributed by atoms with Crippen LogP contribution in [0.5, 0.6) is 0 Å². The monoisotopic (exact) mass is 258 g/mol. The first-order valence-electron chi connectivity index (χ1n) is 6.34. The zero-order chi connectivity index (χ0) is 14.3. The summed E-state index contributed by atoms with van der Waals surface area (Å²) >= 11 is 0. The van der Waals surface area contributed by atoms with Crippen molar-refractivity contribution < 1.29 is 14.3 Å². The smallest absolute Gasteiger partial charge is 0.319 e. The molecular weight excluding hydrogens is 232 g/mol. The summed E-state index contributed by atoms with van der Waals surface area (Å²) in [6, 6.07) is -0.344. The Morgan fingerprint density at radius 3 is 2.28 bits per heavy atom. The van der Waals surface area contributed by atoms with Gasteiger partial charge in [-0.25, -0.2) is 0 Å². The van der Waals surface area contributed by atoms with Crippen LogP contribution in [0.3, 0.4) is 0 Å². The first kappa shape index (κ1) is 16.9. The minimum Gasteiger partial charge on any atom is -0.468 e. The van der Waals surface area contributed by atoms with Gasteiger partial charge >= 0.3 is 5.97 Å². The molecule has 1 amide bonds.